The molecule has 2 rings (SSSR count). The molecule has 0 aliphatic heterocycles. The molecule has 17 heavy (non-hydrogen) atoms. The largest absolute Gasteiger partial charge is 0.384 e. The highest BCUT2D eigenvalue weighted by atomic mass is 79.9. The molecule has 0 fully saturated rings. The zero-order valence-electron chi connectivity index (χ0n) is 8.70. The lowest BCUT2D eigenvalue weighted by molar-refractivity contribution is 0.219. The van der Waals surface area contributed by atoms with E-state index in [1.165, 1.54) is 0 Å². The van der Waals surface area contributed by atoms with Gasteiger partial charge in [0.2, 0.25) is 0 Å². The van der Waals surface area contributed by atoms with Crippen LogP contribution in [0.5, 0.6) is 0 Å². The molecule has 0 aliphatic rings. The quantitative estimate of drug-likeness (QED) is 0.894. The van der Waals surface area contributed by atoms with Crippen LogP contribution in [0.1, 0.15) is 17.2 Å². The van der Waals surface area contributed by atoms with Crippen molar-refractivity contribution in [1.29, 1.82) is 0 Å². The van der Waals surface area contributed by atoms with Crippen molar-refractivity contribution < 1.29 is 13.9 Å². The second-order valence-electron chi connectivity index (χ2n) is 3.66. The van der Waals surface area contributed by atoms with Crippen molar-refractivity contribution in [3.05, 3.63) is 69.7 Å². The molecular formula is C13H9BrF2O. The summed E-state index contributed by atoms with van der Waals surface area (Å²) in [4.78, 5) is 0. The first-order valence-electron chi connectivity index (χ1n) is 4.96. The second kappa shape index (κ2) is 4.94. The van der Waals surface area contributed by atoms with Crippen LogP contribution in [0.3, 0.4) is 0 Å². The van der Waals surface area contributed by atoms with Gasteiger partial charge in [0.1, 0.15) is 17.7 Å². The van der Waals surface area contributed by atoms with Crippen LogP contribution in [0, 0.1) is 11.6 Å². The number of hydrogen-bond acceptors (Lipinski definition) is 1. The maximum absolute atomic E-state index is 13.0. The molecule has 88 valence electrons. The number of benzene rings is 2. The third-order valence-electron chi connectivity index (χ3n) is 2.39. The summed E-state index contributed by atoms with van der Waals surface area (Å²) in [6.45, 7) is 0. The summed E-state index contributed by atoms with van der Waals surface area (Å²) in [5, 5.41) is 9.98. The first-order chi connectivity index (χ1) is 8.06. The highest BCUT2D eigenvalue weighted by Gasteiger charge is 2.12. The number of rotatable bonds is 2. The summed E-state index contributed by atoms with van der Waals surface area (Å²) in [6.07, 6.45) is -1.03. The van der Waals surface area contributed by atoms with Crippen molar-refractivity contribution in [2.75, 3.05) is 0 Å². The van der Waals surface area contributed by atoms with E-state index >= 15 is 0 Å². The fourth-order valence-electron chi connectivity index (χ4n) is 1.57. The number of hydrogen-bond donors (Lipinski definition) is 1. The van der Waals surface area contributed by atoms with Crippen LogP contribution in [0.15, 0.2) is 46.9 Å². The topological polar surface area (TPSA) is 20.2 Å². The predicted octanol–water partition coefficient (Wildman–Crippen LogP) is 3.81. The lowest BCUT2D eigenvalue weighted by Crippen LogP contribution is -2.00. The molecule has 0 saturated heterocycles. The van der Waals surface area contributed by atoms with Gasteiger partial charge in [-0.15, -0.1) is 0 Å². The first kappa shape index (κ1) is 12.2. The molecule has 0 amide bonds. The van der Waals surface area contributed by atoms with Crippen molar-refractivity contribution in [1.82, 2.24) is 0 Å². The minimum Gasteiger partial charge on any atom is -0.384 e. The van der Waals surface area contributed by atoms with E-state index in [0.29, 0.717) is 5.56 Å². The van der Waals surface area contributed by atoms with Crippen LogP contribution < -0.4 is 0 Å². The van der Waals surface area contributed by atoms with Gasteiger partial charge in [0.15, 0.2) is 0 Å². The summed E-state index contributed by atoms with van der Waals surface area (Å²) < 4.78 is 26.9. The zero-order chi connectivity index (χ0) is 12.4. The molecule has 0 saturated carbocycles. The summed E-state index contributed by atoms with van der Waals surface area (Å²) >= 11 is 3.27. The fraction of sp³-hybridized carbons (Fsp3) is 0.0769. The van der Waals surface area contributed by atoms with Gasteiger partial charge in [-0.3, -0.25) is 0 Å². The van der Waals surface area contributed by atoms with Crippen molar-refractivity contribution in [2.45, 2.75) is 6.10 Å². The Morgan fingerprint density at radius 2 is 1.41 bits per heavy atom. The predicted molar refractivity (Wildman–Crippen MR) is 64.6 cm³/mol. The zero-order valence-corrected chi connectivity index (χ0v) is 10.3. The highest BCUT2D eigenvalue weighted by Crippen LogP contribution is 2.24. The molecule has 0 aliphatic carbocycles. The highest BCUT2D eigenvalue weighted by molar-refractivity contribution is 9.10. The maximum atomic E-state index is 13.0. The van der Waals surface area contributed by atoms with Crippen molar-refractivity contribution in [3.8, 4) is 0 Å². The van der Waals surface area contributed by atoms with E-state index in [1.54, 1.807) is 24.3 Å². The number of aliphatic hydroxyl groups is 1. The van der Waals surface area contributed by atoms with Crippen LogP contribution in [0.4, 0.5) is 8.78 Å². The SMILES string of the molecule is OC(c1ccc(Br)cc1)c1cc(F)cc(F)c1. The van der Waals surface area contributed by atoms with Gasteiger partial charge in [-0.2, -0.15) is 0 Å². The van der Waals surface area contributed by atoms with E-state index in [-0.39, 0.29) is 5.56 Å². The minimum atomic E-state index is -1.03. The standard InChI is InChI=1S/C13H9BrF2O/c14-10-3-1-8(2-4-10)13(17)9-5-11(15)7-12(16)6-9/h1-7,13,17H. The fourth-order valence-corrected chi connectivity index (χ4v) is 1.83. The summed E-state index contributed by atoms with van der Waals surface area (Å²) in [6, 6.07) is 9.92. The molecule has 4 heteroatoms. The van der Waals surface area contributed by atoms with Crippen LogP contribution in [0.25, 0.3) is 0 Å². The average molecular weight is 299 g/mol. The number of halogens is 3. The molecule has 2 aromatic carbocycles. The summed E-state index contributed by atoms with van der Waals surface area (Å²) in [5.41, 5.74) is 0.781. The molecule has 2 aromatic rings. The van der Waals surface area contributed by atoms with Gasteiger partial charge >= 0.3 is 0 Å². The van der Waals surface area contributed by atoms with Gasteiger partial charge in [-0.25, -0.2) is 8.78 Å². The van der Waals surface area contributed by atoms with E-state index in [1.807, 2.05) is 0 Å². The first-order valence-corrected chi connectivity index (χ1v) is 5.75. The second-order valence-corrected chi connectivity index (χ2v) is 4.57. The van der Waals surface area contributed by atoms with E-state index in [0.717, 1.165) is 22.7 Å². The Morgan fingerprint density at radius 1 is 0.882 bits per heavy atom. The maximum Gasteiger partial charge on any atom is 0.126 e. The van der Waals surface area contributed by atoms with Crippen LogP contribution in [-0.2, 0) is 0 Å². The third kappa shape index (κ3) is 2.90. The van der Waals surface area contributed by atoms with Crippen molar-refractivity contribution >= 4 is 15.9 Å². The Hall–Kier alpha value is -1.26. The lowest BCUT2D eigenvalue weighted by Gasteiger charge is -2.11. The van der Waals surface area contributed by atoms with Gasteiger partial charge in [0.05, 0.1) is 0 Å². The minimum absolute atomic E-state index is 0.199. The average Bonchev–Trinajstić information content (AvgIpc) is 2.28. The van der Waals surface area contributed by atoms with E-state index in [2.05, 4.69) is 15.9 Å². The molecule has 0 aromatic heterocycles. The molecule has 1 atom stereocenters. The molecule has 1 unspecified atom stereocenters. The number of aliphatic hydroxyl groups excluding tert-OH is 1. The van der Waals surface area contributed by atoms with Crippen LogP contribution in [-0.4, -0.2) is 5.11 Å². The van der Waals surface area contributed by atoms with Gasteiger partial charge in [0.25, 0.3) is 0 Å². The van der Waals surface area contributed by atoms with Gasteiger partial charge in [-0.05, 0) is 35.4 Å². The van der Waals surface area contributed by atoms with Gasteiger partial charge in [0, 0.05) is 10.5 Å². The van der Waals surface area contributed by atoms with E-state index < -0.39 is 17.7 Å². The Balaban J connectivity index is 2.36. The summed E-state index contributed by atoms with van der Waals surface area (Å²) in [7, 11) is 0. The van der Waals surface area contributed by atoms with E-state index in [4.69, 9.17) is 0 Å². The van der Waals surface area contributed by atoms with Crippen molar-refractivity contribution in [3.63, 3.8) is 0 Å². The van der Waals surface area contributed by atoms with E-state index in [9.17, 15) is 13.9 Å². The molecule has 0 heterocycles. The lowest BCUT2D eigenvalue weighted by atomic mass is 10.0. The monoisotopic (exact) mass is 298 g/mol. The molecule has 0 spiro atoms. The van der Waals surface area contributed by atoms with Gasteiger partial charge in [-0.1, -0.05) is 28.1 Å². The van der Waals surface area contributed by atoms with Gasteiger partial charge < -0.3 is 5.11 Å². The Kier molecular flexibility index (Phi) is 3.54. The molecule has 1 nitrogen and oxygen atoms in total. The Morgan fingerprint density at radius 3 is 1.94 bits per heavy atom. The summed E-state index contributed by atoms with van der Waals surface area (Å²) in [5.74, 6) is -1.40. The van der Waals surface area contributed by atoms with Crippen molar-refractivity contribution in [2.24, 2.45) is 0 Å². The Labute approximate surface area is 106 Å². The molecule has 1 N–H and O–H groups in total. The third-order valence-corrected chi connectivity index (χ3v) is 2.92. The smallest absolute Gasteiger partial charge is 0.126 e. The molecule has 0 bridgehead atoms. The molecule has 0 radical (unpaired) electrons. The van der Waals surface area contributed by atoms with Crippen LogP contribution >= 0.6 is 15.9 Å². The normalized spacial score (nSPS) is 12.5. The Bertz CT molecular complexity index is 505. The molecular weight excluding hydrogens is 290 g/mol. The van der Waals surface area contributed by atoms with Crippen LogP contribution in [0.2, 0.25) is 0 Å².